The van der Waals surface area contributed by atoms with Gasteiger partial charge in [0.25, 0.3) is 10.2 Å². The second kappa shape index (κ2) is 8.68. The first-order valence-corrected chi connectivity index (χ1v) is 9.10. The van der Waals surface area contributed by atoms with E-state index in [-0.39, 0.29) is 6.54 Å². The van der Waals surface area contributed by atoms with Gasteiger partial charge in [-0.3, -0.25) is 0 Å². The lowest BCUT2D eigenvalue weighted by molar-refractivity contribution is 0.445. The second-order valence-electron chi connectivity index (χ2n) is 4.43. The highest BCUT2D eigenvalue weighted by atomic mass is 32.2. The fourth-order valence-corrected chi connectivity index (χ4v) is 3.38. The molecule has 2 N–H and O–H groups in total. The summed E-state index contributed by atoms with van der Waals surface area (Å²) in [6, 6.07) is 0. The summed E-state index contributed by atoms with van der Waals surface area (Å²) in [7, 11) is -1.83. The molecule has 0 atom stereocenters. The number of hydrogen-bond acceptors (Lipinski definition) is 5. The van der Waals surface area contributed by atoms with Gasteiger partial charge in [-0.2, -0.15) is 17.4 Å². The van der Waals surface area contributed by atoms with Crippen molar-refractivity contribution >= 4 is 21.5 Å². The third-order valence-corrected chi connectivity index (χ3v) is 5.50. The molecule has 0 bridgehead atoms. The average Bonchev–Trinajstić information content (AvgIpc) is 2.89. The molecule has 0 saturated carbocycles. The summed E-state index contributed by atoms with van der Waals surface area (Å²) in [4.78, 5) is 5.36. The van der Waals surface area contributed by atoms with Crippen LogP contribution in [-0.4, -0.2) is 44.4 Å². The smallest absolute Gasteiger partial charge is 0.279 e. The molecule has 6 nitrogen and oxygen atoms in total. The van der Waals surface area contributed by atoms with Crippen molar-refractivity contribution in [2.45, 2.75) is 33.2 Å². The van der Waals surface area contributed by atoms with E-state index in [0.29, 0.717) is 6.54 Å². The molecule has 1 heterocycles. The van der Waals surface area contributed by atoms with Crippen LogP contribution in [-0.2, 0) is 23.2 Å². The Bertz CT molecular complexity index is 487. The van der Waals surface area contributed by atoms with E-state index in [1.54, 1.807) is 24.6 Å². The summed E-state index contributed by atoms with van der Waals surface area (Å²) >= 11 is 1.54. The Kier molecular flexibility index (Phi) is 7.60. The van der Waals surface area contributed by atoms with Crippen LogP contribution in [0.5, 0.6) is 0 Å². The van der Waals surface area contributed by atoms with Crippen LogP contribution in [0.25, 0.3) is 0 Å². The molecule has 20 heavy (non-hydrogen) atoms. The fourth-order valence-electron chi connectivity index (χ4n) is 1.58. The molecule has 1 rings (SSSR count). The van der Waals surface area contributed by atoms with Crippen LogP contribution in [0.2, 0.25) is 0 Å². The Morgan fingerprint density at radius 1 is 1.40 bits per heavy atom. The summed E-state index contributed by atoms with van der Waals surface area (Å²) < 4.78 is 28.0. The molecular weight excluding hydrogens is 296 g/mol. The van der Waals surface area contributed by atoms with Crippen molar-refractivity contribution in [1.82, 2.24) is 19.3 Å². The molecule has 0 radical (unpaired) electrons. The van der Waals surface area contributed by atoms with Gasteiger partial charge in [-0.05, 0) is 25.9 Å². The number of aromatic nitrogens is 1. The van der Waals surface area contributed by atoms with E-state index < -0.39 is 10.2 Å². The minimum absolute atomic E-state index is 0.255. The Balaban J connectivity index is 2.39. The molecule has 0 aliphatic heterocycles. The fraction of sp³-hybridized carbons (Fsp3) is 0.750. The SMILES string of the molecule is CCNCCCN(C)S(=O)(=O)NCc1ncc(CC)s1. The predicted octanol–water partition coefficient (Wildman–Crippen LogP) is 0.971. The van der Waals surface area contributed by atoms with Crippen LogP contribution >= 0.6 is 11.3 Å². The monoisotopic (exact) mass is 320 g/mol. The Labute approximate surface area is 125 Å². The van der Waals surface area contributed by atoms with Crippen LogP contribution < -0.4 is 10.0 Å². The van der Waals surface area contributed by atoms with E-state index in [1.807, 2.05) is 6.92 Å². The first-order chi connectivity index (χ1) is 9.49. The maximum atomic E-state index is 12.0. The summed E-state index contributed by atoms with van der Waals surface area (Å²) in [5.41, 5.74) is 0. The third kappa shape index (κ3) is 5.84. The second-order valence-corrected chi connectivity index (χ2v) is 7.49. The van der Waals surface area contributed by atoms with Crippen molar-refractivity contribution in [3.05, 3.63) is 16.1 Å². The van der Waals surface area contributed by atoms with Crippen LogP contribution in [0.1, 0.15) is 30.2 Å². The molecule has 0 spiro atoms. The van der Waals surface area contributed by atoms with E-state index in [4.69, 9.17) is 0 Å². The van der Waals surface area contributed by atoms with Crippen molar-refractivity contribution in [2.24, 2.45) is 0 Å². The van der Waals surface area contributed by atoms with Crippen molar-refractivity contribution in [3.63, 3.8) is 0 Å². The molecule has 1 aromatic rings. The van der Waals surface area contributed by atoms with Gasteiger partial charge in [0.1, 0.15) is 5.01 Å². The van der Waals surface area contributed by atoms with Gasteiger partial charge in [0.2, 0.25) is 0 Å². The maximum absolute atomic E-state index is 12.0. The van der Waals surface area contributed by atoms with Gasteiger partial charge in [0, 0.05) is 24.7 Å². The third-order valence-electron chi connectivity index (χ3n) is 2.84. The minimum Gasteiger partial charge on any atom is -0.317 e. The zero-order valence-electron chi connectivity index (χ0n) is 12.3. The number of rotatable bonds is 10. The van der Waals surface area contributed by atoms with Crippen molar-refractivity contribution in [3.8, 4) is 0 Å². The Morgan fingerprint density at radius 2 is 2.15 bits per heavy atom. The number of aryl methyl sites for hydroxylation is 1. The van der Waals surface area contributed by atoms with E-state index in [1.165, 1.54) is 4.31 Å². The van der Waals surface area contributed by atoms with Crippen LogP contribution in [0.4, 0.5) is 0 Å². The lowest BCUT2D eigenvalue weighted by Gasteiger charge is -2.17. The van der Waals surface area contributed by atoms with Crippen molar-refractivity contribution in [1.29, 1.82) is 0 Å². The molecule has 1 aromatic heterocycles. The van der Waals surface area contributed by atoms with Crippen LogP contribution in [0.3, 0.4) is 0 Å². The predicted molar refractivity (Wildman–Crippen MR) is 83.0 cm³/mol. The van der Waals surface area contributed by atoms with Gasteiger partial charge in [-0.15, -0.1) is 11.3 Å². The highest BCUT2D eigenvalue weighted by molar-refractivity contribution is 7.87. The highest BCUT2D eigenvalue weighted by Gasteiger charge is 2.17. The quantitative estimate of drug-likeness (QED) is 0.630. The van der Waals surface area contributed by atoms with Gasteiger partial charge >= 0.3 is 0 Å². The lowest BCUT2D eigenvalue weighted by atomic mass is 10.4. The number of nitrogens with one attached hydrogen (secondary N) is 2. The maximum Gasteiger partial charge on any atom is 0.279 e. The Morgan fingerprint density at radius 3 is 2.75 bits per heavy atom. The molecule has 0 aliphatic carbocycles. The van der Waals surface area contributed by atoms with Gasteiger partial charge in [-0.1, -0.05) is 13.8 Å². The zero-order chi connectivity index (χ0) is 15.0. The molecule has 8 heteroatoms. The van der Waals surface area contributed by atoms with E-state index in [9.17, 15) is 8.42 Å². The van der Waals surface area contributed by atoms with E-state index >= 15 is 0 Å². The number of nitrogens with zero attached hydrogens (tertiary/aromatic N) is 2. The zero-order valence-corrected chi connectivity index (χ0v) is 14.0. The van der Waals surface area contributed by atoms with Gasteiger partial charge < -0.3 is 5.32 Å². The van der Waals surface area contributed by atoms with Gasteiger partial charge in [0.15, 0.2) is 0 Å². The standard InChI is InChI=1S/C12H24N4O2S2/c1-4-11-9-14-12(19-11)10-15-20(17,18)16(3)8-6-7-13-5-2/h9,13,15H,4-8,10H2,1-3H3. The number of hydrogen-bond donors (Lipinski definition) is 2. The van der Waals surface area contributed by atoms with Crippen molar-refractivity contribution < 1.29 is 8.42 Å². The van der Waals surface area contributed by atoms with E-state index in [0.717, 1.165) is 35.8 Å². The summed E-state index contributed by atoms with van der Waals surface area (Å²) in [5, 5.41) is 3.97. The first kappa shape index (κ1) is 17.5. The van der Waals surface area contributed by atoms with Crippen molar-refractivity contribution in [2.75, 3.05) is 26.7 Å². The van der Waals surface area contributed by atoms with Crippen LogP contribution in [0.15, 0.2) is 6.20 Å². The molecule has 0 fully saturated rings. The molecule has 0 amide bonds. The average molecular weight is 320 g/mol. The molecule has 0 aromatic carbocycles. The molecule has 0 unspecified atom stereocenters. The van der Waals surface area contributed by atoms with Gasteiger partial charge in [0.05, 0.1) is 6.54 Å². The Hall–Kier alpha value is -0.540. The normalized spacial score (nSPS) is 12.2. The number of thiazole rings is 1. The largest absolute Gasteiger partial charge is 0.317 e. The first-order valence-electron chi connectivity index (χ1n) is 6.84. The summed E-state index contributed by atoms with van der Waals surface area (Å²) in [6.07, 6.45) is 3.52. The highest BCUT2D eigenvalue weighted by Crippen LogP contribution is 2.13. The molecular formula is C12H24N4O2S2. The van der Waals surface area contributed by atoms with E-state index in [2.05, 4.69) is 21.9 Å². The van der Waals surface area contributed by atoms with Gasteiger partial charge in [-0.25, -0.2) is 4.98 Å². The summed E-state index contributed by atoms with van der Waals surface area (Å²) in [6.45, 7) is 6.56. The minimum atomic E-state index is -3.42. The molecule has 0 saturated heterocycles. The van der Waals surface area contributed by atoms with Crippen LogP contribution in [0, 0.1) is 0 Å². The summed E-state index contributed by atoms with van der Waals surface area (Å²) in [5.74, 6) is 0. The molecule has 0 aliphatic rings. The topological polar surface area (TPSA) is 74.3 Å². The lowest BCUT2D eigenvalue weighted by Crippen LogP contribution is -2.39. The molecule has 116 valence electrons.